The lowest BCUT2D eigenvalue weighted by molar-refractivity contribution is 0.0949. The average Bonchev–Trinajstić information content (AvgIpc) is 2.62. The van der Waals surface area contributed by atoms with E-state index >= 15 is 0 Å². The highest BCUT2D eigenvalue weighted by molar-refractivity contribution is 7.12. The molecule has 0 spiro atoms. The van der Waals surface area contributed by atoms with E-state index in [2.05, 4.69) is 5.32 Å². The molecule has 0 saturated carbocycles. The van der Waals surface area contributed by atoms with E-state index in [9.17, 15) is 9.59 Å². The lowest BCUT2D eigenvalue weighted by atomic mass is 10.2. The van der Waals surface area contributed by atoms with Gasteiger partial charge in [-0.15, -0.1) is 11.3 Å². The Kier molecular flexibility index (Phi) is 3.79. The topological polar surface area (TPSA) is 66.4 Å². The summed E-state index contributed by atoms with van der Waals surface area (Å²) in [6.45, 7) is 1.60. The van der Waals surface area contributed by atoms with E-state index in [1.54, 1.807) is 11.4 Å². The maximum absolute atomic E-state index is 11.3. The fourth-order valence-electron chi connectivity index (χ4n) is 0.896. The molecule has 0 fully saturated rings. The number of carbonyl (C=O) groups excluding carboxylic acids is 2. The Bertz CT molecular complexity index is 346. The van der Waals surface area contributed by atoms with Crippen molar-refractivity contribution in [3.05, 3.63) is 21.9 Å². The third-order valence-corrected chi connectivity index (χ3v) is 2.56. The molecule has 1 heterocycles. The molecule has 76 valence electrons. The zero-order chi connectivity index (χ0) is 10.6. The molecule has 1 amide bonds. The third kappa shape index (κ3) is 2.65. The molecule has 0 aliphatic carbocycles. The molecule has 1 aromatic heterocycles. The van der Waals surface area contributed by atoms with E-state index in [0.717, 1.165) is 0 Å². The van der Waals surface area contributed by atoms with E-state index in [4.69, 9.17) is 5.11 Å². The molecule has 0 radical (unpaired) electrons. The third-order valence-electron chi connectivity index (χ3n) is 1.63. The minimum atomic E-state index is -0.253. The second kappa shape index (κ2) is 4.88. The van der Waals surface area contributed by atoms with Gasteiger partial charge in [0.05, 0.1) is 11.5 Å². The number of hydrogen-bond donors (Lipinski definition) is 2. The Balaban J connectivity index is 2.66. The van der Waals surface area contributed by atoms with Crippen LogP contribution in [-0.4, -0.2) is 29.9 Å². The number of nitrogens with one attached hydrogen (secondary N) is 1. The highest BCUT2D eigenvalue weighted by Gasteiger charge is 2.09. The number of amides is 1. The van der Waals surface area contributed by atoms with Crippen LogP contribution in [-0.2, 0) is 0 Å². The number of rotatable bonds is 4. The molecule has 5 heteroatoms. The van der Waals surface area contributed by atoms with Crippen LogP contribution in [0.25, 0.3) is 0 Å². The van der Waals surface area contributed by atoms with Crippen LogP contribution in [0.4, 0.5) is 0 Å². The van der Waals surface area contributed by atoms with Crippen LogP contribution in [0.2, 0.25) is 0 Å². The molecule has 0 saturated heterocycles. The summed E-state index contributed by atoms with van der Waals surface area (Å²) in [5.41, 5.74) is 0.546. The first-order valence-corrected chi connectivity index (χ1v) is 5.01. The van der Waals surface area contributed by atoms with Crippen LogP contribution >= 0.6 is 11.3 Å². The van der Waals surface area contributed by atoms with Gasteiger partial charge in [-0.05, 0) is 13.0 Å². The summed E-state index contributed by atoms with van der Waals surface area (Å²) in [7, 11) is 0. The van der Waals surface area contributed by atoms with E-state index < -0.39 is 0 Å². The predicted molar refractivity (Wildman–Crippen MR) is 53.7 cm³/mol. The van der Waals surface area contributed by atoms with Gasteiger partial charge >= 0.3 is 0 Å². The van der Waals surface area contributed by atoms with E-state index in [-0.39, 0.29) is 24.8 Å². The van der Waals surface area contributed by atoms with Crippen LogP contribution in [0.3, 0.4) is 0 Å². The van der Waals surface area contributed by atoms with Crippen molar-refractivity contribution < 1.29 is 14.7 Å². The first-order chi connectivity index (χ1) is 6.65. The lowest BCUT2D eigenvalue weighted by Crippen LogP contribution is -2.25. The van der Waals surface area contributed by atoms with Crippen molar-refractivity contribution >= 4 is 23.0 Å². The highest BCUT2D eigenvalue weighted by Crippen LogP contribution is 2.14. The first kappa shape index (κ1) is 10.9. The van der Waals surface area contributed by atoms with Crippen molar-refractivity contribution in [3.8, 4) is 0 Å². The number of aliphatic hydroxyl groups excluding tert-OH is 1. The molecule has 1 rings (SSSR count). The number of ketones is 1. The van der Waals surface area contributed by atoms with Gasteiger partial charge in [-0.25, -0.2) is 0 Å². The Morgan fingerprint density at radius 2 is 2.29 bits per heavy atom. The Morgan fingerprint density at radius 3 is 2.79 bits per heavy atom. The average molecular weight is 213 g/mol. The van der Waals surface area contributed by atoms with E-state index in [1.165, 1.54) is 18.3 Å². The van der Waals surface area contributed by atoms with Gasteiger partial charge in [0.25, 0.3) is 5.91 Å². The van der Waals surface area contributed by atoms with Crippen LogP contribution in [0.15, 0.2) is 11.4 Å². The predicted octanol–water partition coefficient (Wildman–Crippen LogP) is 0.673. The Hall–Kier alpha value is -1.20. The number of aliphatic hydroxyl groups is 1. The minimum Gasteiger partial charge on any atom is -0.395 e. The van der Waals surface area contributed by atoms with Crippen LogP contribution in [0, 0.1) is 0 Å². The molecule has 0 aliphatic rings. The van der Waals surface area contributed by atoms with Crippen molar-refractivity contribution in [2.24, 2.45) is 0 Å². The normalized spacial score (nSPS) is 9.86. The quantitative estimate of drug-likeness (QED) is 0.722. The lowest BCUT2D eigenvalue weighted by Gasteiger charge is -1.98. The Labute approximate surface area is 85.6 Å². The van der Waals surface area contributed by atoms with Crippen molar-refractivity contribution in [2.45, 2.75) is 6.92 Å². The van der Waals surface area contributed by atoms with E-state index in [0.29, 0.717) is 10.4 Å². The summed E-state index contributed by atoms with van der Waals surface area (Å²) in [4.78, 5) is 22.7. The number of Topliss-reactive ketones (excluding diaryl/α,β-unsaturated/α-hetero) is 1. The molecule has 0 aliphatic heterocycles. The fraction of sp³-hybridized carbons (Fsp3) is 0.333. The maximum Gasteiger partial charge on any atom is 0.261 e. The van der Waals surface area contributed by atoms with Crippen molar-refractivity contribution in [2.75, 3.05) is 13.2 Å². The fourth-order valence-corrected chi connectivity index (χ4v) is 1.76. The molecule has 0 unspecified atom stereocenters. The summed E-state index contributed by atoms with van der Waals surface area (Å²) >= 11 is 1.22. The first-order valence-electron chi connectivity index (χ1n) is 4.13. The van der Waals surface area contributed by atoms with Gasteiger partial charge in [0.1, 0.15) is 0 Å². The molecule has 0 atom stereocenters. The Morgan fingerprint density at radius 1 is 1.57 bits per heavy atom. The van der Waals surface area contributed by atoms with Crippen molar-refractivity contribution in [1.29, 1.82) is 0 Å². The molecular weight excluding hydrogens is 202 g/mol. The molecule has 0 bridgehead atoms. The van der Waals surface area contributed by atoms with Gasteiger partial charge in [0.2, 0.25) is 0 Å². The summed E-state index contributed by atoms with van der Waals surface area (Å²) in [6.07, 6.45) is 0. The van der Waals surface area contributed by atoms with Crippen LogP contribution < -0.4 is 5.32 Å². The van der Waals surface area contributed by atoms with Gasteiger partial charge in [0.15, 0.2) is 5.78 Å². The standard InChI is InChI=1S/C9H11NO3S/c1-6(12)7-4-8(14-5-7)9(13)10-2-3-11/h4-5,11H,2-3H2,1H3,(H,10,13). The summed E-state index contributed by atoms with van der Waals surface area (Å²) in [5.74, 6) is -0.306. The summed E-state index contributed by atoms with van der Waals surface area (Å²) < 4.78 is 0. The van der Waals surface area contributed by atoms with Crippen molar-refractivity contribution in [3.63, 3.8) is 0 Å². The molecule has 1 aromatic rings. The number of hydrogen-bond acceptors (Lipinski definition) is 4. The monoisotopic (exact) mass is 213 g/mol. The SMILES string of the molecule is CC(=O)c1csc(C(=O)NCCO)c1. The van der Waals surface area contributed by atoms with Gasteiger partial charge in [-0.2, -0.15) is 0 Å². The summed E-state index contributed by atoms with van der Waals surface area (Å²) in [5, 5.41) is 12.7. The smallest absolute Gasteiger partial charge is 0.261 e. The zero-order valence-corrected chi connectivity index (χ0v) is 8.56. The van der Waals surface area contributed by atoms with Gasteiger partial charge in [-0.1, -0.05) is 0 Å². The molecule has 4 nitrogen and oxygen atoms in total. The van der Waals surface area contributed by atoms with Crippen LogP contribution in [0.1, 0.15) is 27.0 Å². The second-order valence-corrected chi connectivity index (χ2v) is 3.65. The highest BCUT2D eigenvalue weighted by atomic mass is 32.1. The minimum absolute atomic E-state index is 0.0533. The van der Waals surface area contributed by atoms with Crippen molar-refractivity contribution in [1.82, 2.24) is 5.32 Å². The molecule has 0 aromatic carbocycles. The number of thiophene rings is 1. The molecular formula is C9H11NO3S. The molecule has 2 N–H and O–H groups in total. The van der Waals surface area contributed by atoms with Gasteiger partial charge < -0.3 is 10.4 Å². The van der Waals surface area contributed by atoms with Crippen LogP contribution in [0.5, 0.6) is 0 Å². The largest absolute Gasteiger partial charge is 0.395 e. The zero-order valence-electron chi connectivity index (χ0n) is 7.74. The van der Waals surface area contributed by atoms with Gasteiger partial charge in [-0.3, -0.25) is 9.59 Å². The number of carbonyl (C=O) groups is 2. The van der Waals surface area contributed by atoms with Gasteiger partial charge in [0, 0.05) is 17.5 Å². The summed E-state index contributed by atoms with van der Waals surface area (Å²) in [6, 6.07) is 1.56. The maximum atomic E-state index is 11.3. The van der Waals surface area contributed by atoms with E-state index in [1.807, 2.05) is 0 Å². The second-order valence-electron chi connectivity index (χ2n) is 2.74. The molecule has 14 heavy (non-hydrogen) atoms.